The van der Waals surface area contributed by atoms with Crippen molar-refractivity contribution in [3.05, 3.63) is 23.3 Å². The second-order valence-corrected chi connectivity index (χ2v) is 4.12. The van der Waals surface area contributed by atoms with Crippen molar-refractivity contribution in [2.45, 2.75) is 6.42 Å². The van der Waals surface area contributed by atoms with Crippen molar-refractivity contribution < 1.29 is 58.5 Å². The first kappa shape index (κ1) is 17.1. The number of methoxy groups -OCH3 is 2. The van der Waals surface area contributed by atoms with E-state index in [-0.39, 0.29) is 53.4 Å². The molecule has 18 heavy (non-hydrogen) atoms. The third-order valence-electron chi connectivity index (χ3n) is 2.09. The van der Waals surface area contributed by atoms with Gasteiger partial charge in [-0.1, -0.05) is 0 Å². The quantitative estimate of drug-likeness (QED) is 0.300. The molecule has 94 valence electrons. The van der Waals surface area contributed by atoms with Crippen LogP contribution in [0, 0.1) is 0 Å². The summed E-state index contributed by atoms with van der Waals surface area (Å²) in [5, 5.41) is 0. The summed E-state index contributed by atoms with van der Waals surface area (Å²) in [6, 6.07) is 0. The van der Waals surface area contributed by atoms with Gasteiger partial charge in [0.15, 0.2) is 0 Å². The molecule has 0 aliphatic heterocycles. The van der Waals surface area contributed by atoms with Crippen molar-refractivity contribution in [3.63, 3.8) is 0 Å². The van der Waals surface area contributed by atoms with Gasteiger partial charge in [-0.15, -0.1) is 0 Å². The SMILES string of the molecule is COC(=O)C1=CC(=S(=O)=O)CC(C(=O)OC)=C1.[H-].[Na+]. The molecule has 0 atom stereocenters. The number of allylic oxidation sites excluding steroid dienone is 1. The maximum atomic E-state index is 11.3. The second-order valence-electron chi connectivity index (χ2n) is 3.13. The number of esters is 2. The largest absolute Gasteiger partial charge is 1.00 e. The second kappa shape index (κ2) is 7.52. The summed E-state index contributed by atoms with van der Waals surface area (Å²) < 4.78 is 30.6. The molecule has 0 spiro atoms. The maximum absolute atomic E-state index is 11.3. The van der Waals surface area contributed by atoms with Crippen molar-refractivity contribution in [2.75, 3.05) is 14.2 Å². The Bertz CT molecular complexity index is 553. The van der Waals surface area contributed by atoms with Gasteiger partial charge in [0, 0.05) is 12.0 Å². The van der Waals surface area contributed by atoms with Gasteiger partial charge in [-0.2, -0.15) is 8.42 Å². The van der Waals surface area contributed by atoms with Gasteiger partial charge in [-0.25, -0.2) is 9.59 Å². The van der Waals surface area contributed by atoms with Crippen LogP contribution in [0.15, 0.2) is 23.3 Å². The fourth-order valence-corrected chi connectivity index (χ4v) is 1.79. The molecule has 6 nitrogen and oxygen atoms in total. The van der Waals surface area contributed by atoms with Crippen molar-refractivity contribution >= 4 is 27.1 Å². The van der Waals surface area contributed by atoms with E-state index in [2.05, 4.69) is 9.47 Å². The molecule has 0 N–H and O–H groups in total. The number of rotatable bonds is 2. The molecule has 8 heteroatoms. The molecule has 0 aromatic rings. The first-order valence-corrected chi connectivity index (χ1v) is 5.61. The molecule has 1 aliphatic rings. The number of carbonyl (C=O) groups excluding carboxylic acids is 2. The average molecular weight is 282 g/mol. The standard InChI is InChI=1S/C10H10O6S.Na.H/c1-15-9(11)6-3-7(10(12)16-2)5-8(4-6)17(13)14;;/h3-4H,5H2,1-2H3;;/q;+1;-1. The van der Waals surface area contributed by atoms with Crippen LogP contribution in [0.5, 0.6) is 0 Å². The van der Waals surface area contributed by atoms with Gasteiger partial charge in [-0.3, -0.25) is 0 Å². The predicted molar refractivity (Wildman–Crippen MR) is 59.9 cm³/mol. The fourth-order valence-electron chi connectivity index (χ4n) is 1.30. The fraction of sp³-hybridized carbons (Fsp3) is 0.300. The first-order chi connectivity index (χ1) is 7.99. The minimum absolute atomic E-state index is 0. The molecule has 0 radical (unpaired) electrons. The van der Waals surface area contributed by atoms with Crippen LogP contribution in [-0.4, -0.2) is 39.4 Å². The Hall–Kier alpha value is -0.890. The van der Waals surface area contributed by atoms with Crippen LogP contribution in [-0.2, 0) is 29.4 Å². The summed E-state index contributed by atoms with van der Waals surface area (Å²) in [4.78, 5) is 22.5. The average Bonchev–Trinajstić information content (AvgIpc) is 2.36. The molecule has 1 rings (SSSR count). The Kier molecular flexibility index (Phi) is 7.15. The van der Waals surface area contributed by atoms with E-state index in [0.717, 1.165) is 7.11 Å². The van der Waals surface area contributed by atoms with Gasteiger partial charge in [0.05, 0.1) is 24.7 Å². The van der Waals surface area contributed by atoms with E-state index in [1.54, 1.807) is 0 Å². The summed E-state index contributed by atoms with van der Waals surface area (Å²) in [6.07, 6.45) is 2.33. The van der Waals surface area contributed by atoms with Crippen LogP contribution in [0.2, 0.25) is 0 Å². The van der Waals surface area contributed by atoms with Crippen molar-refractivity contribution in [3.8, 4) is 0 Å². The molecule has 0 amide bonds. The summed E-state index contributed by atoms with van der Waals surface area (Å²) in [5.41, 5.74) is 0.0907. The zero-order valence-corrected chi connectivity index (χ0v) is 13.0. The van der Waals surface area contributed by atoms with Crippen LogP contribution in [0.4, 0.5) is 0 Å². The zero-order chi connectivity index (χ0) is 13.0. The predicted octanol–water partition coefficient (Wildman–Crippen LogP) is -3.24. The Morgan fingerprint density at radius 3 is 2.17 bits per heavy atom. The van der Waals surface area contributed by atoms with E-state index < -0.39 is 22.2 Å². The zero-order valence-electron chi connectivity index (χ0n) is 11.2. The van der Waals surface area contributed by atoms with Gasteiger partial charge in [0.25, 0.3) is 0 Å². The molecule has 0 saturated heterocycles. The number of hydrogen-bond acceptors (Lipinski definition) is 6. The number of ether oxygens (including phenoxy) is 2. The van der Waals surface area contributed by atoms with E-state index in [9.17, 15) is 18.0 Å². The van der Waals surface area contributed by atoms with E-state index >= 15 is 0 Å². The van der Waals surface area contributed by atoms with E-state index in [1.165, 1.54) is 19.3 Å². The van der Waals surface area contributed by atoms with Crippen molar-refractivity contribution in [1.29, 1.82) is 0 Å². The molecule has 0 heterocycles. The summed E-state index contributed by atoms with van der Waals surface area (Å²) in [5.74, 6) is -1.39. The molecule has 0 aromatic heterocycles. The molecule has 1 aliphatic carbocycles. The molecular formula is C10H11NaO6S. The van der Waals surface area contributed by atoms with Crippen LogP contribution in [0.3, 0.4) is 0 Å². The minimum Gasteiger partial charge on any atom is -1.00 e. The minimum atomic E-state index is -2.50. The van der Waals surface area contributed by atoms with E-state index in [0.29, 0.717) is 0 Å². The van der Waals surface area contributed by atoms with Gasteiger partial charge in [-0.05, 0) is 12.2 Å². The summed E-state index contributed by atoms with van der Waals surface area (Å²) in [6.45, 7) is 0. The van der Waals surface area contributed by atoms with Crippen molar-refractivity contribution in [2.24, 2.45) is 0 Å². The van der Waals surface area contributed by atoms with Crippen LogP contribution >= 0.6 is 0 Å². The van der Waals surface area contributed by atoms with Gasteiger partial charge >= 0.3 is 41.5 Å². The molecule has 0 unspecified atom stereocenters. The first-order valence-electron chi connectivity index (χ1n) is 4.53. The topological polar surface area (TPSA) is 86.7 Å². The van der Waals surface area contributed by atoms with Gasteiger partial charge in [0.1, 0.15) is 0 Å². The third kappa shape index (κ3) is 4.09. The van der Waals surface area contributed by atoms with E-state index in [4.69, 9.17) is 0 Å². The molecule has 0 bridgehead atoms. The van der Waals surface area contributed by atoms with Gasteiger partial charge < -0.3 is 10.9 Å². The maximum Gasteiger partial charge on any atom is 1.00 e. The molecule has 0 aromatic carbocycles. The normalized spacial score (nSPS) is 13.8. The molecule has 0 fully saturated rings. The Balaban J connectivity index is 0. The van der Waals surface area contributed by atoms with Crippen LogP contribution < -0.4 is 29.6 Å². The Morgan fingerprint density at radius 1 is 1.17 bits per heavy atom. The monoisotopic (exact) mass is 282 g/mol. The molecule has 0 saturated carbocycles. The number of hydrogen-bond donors (Lipinski definition) is 0. The Labute approximate surface area is 129 Å². The molecular weight excluding hydrogens is 271 g/mol. The third-order valence-corrected chi connectivity index (χ3v) is 2.78. The summed E-state index contributed by atoms with van der Waals surface area (Å²) in [7, 11) is -0.159. The van der Waals surface area contributed by atoms with Gasteiger partial charge in [0.2, 0.25) is 10.3 Å². The summed E-state index contributed by atoms with van der Waals surface area (Å²) >= 11 is 0. The number of carbonyl (C=O) groups is 2. The Morgan fingerprint density at radius 2 is 1.72 bits per heavy atom. The van der Waals surface area contributed by atoms with Crippen LogP contribution in [0.25, 0.3) is 0 Å². The van der Waals surface area contributed by atoms with Crippen molar-refractivity contribution in [1.82, 2.24) is 0 Å². The smallest absolute Gasteiger partial charge is 1.00 e. The van der Waals surface area contributed by atoms with Crippen LogP contribution in [0.1, 0.15) is 7.85 Å². The van der Waals surface area contributed by atoms with E-state index in [1.807, 2.05) is 0 Å².